The Morgan fingerprint density at radius 2 is 2.35 bits per heavy atom. The third kappa shape index (κ3) is 3.88. The summed E-state index contributed by atoms with van der Waals surface area (Å²) >= 11 is 6.97. The van der Waals surface area contributed by atoms with Crippen LogP contribution in [0.25, 0.3) is 0 Å². The number of rotatable bonds is 6. The zero-order valence-electron chi connectivity index (χ0n) is 9.65. The average Bonchev–Trinajstić information content (AvgIpc) is 2.95. The Bertz CT molecular complexity index is 439. The van der Waals surface area contributed by atoms with Crippen LogP contribution in [0.15, 0.2) is 26.8 Å². The molecule has 0 aromatic carbocycles. The first kappa shape index (κ1) is 13.2. The van der Waals surface area contributed by atoms with Gasteiger partial charge in [-0.2, -0.15) is 0 Å². The van der Waals surface area contributed by atoms with Gasteiger partial charge in [0.2, 0.25) is 0 Å². The van der Waals surface area contributed by atoms with E-state index in [2.05, 4.69) is 50.7 Å². The van der Waals surface area contributed by atoms with Crippen molar-refractivity contribution in [3.05, 3.63) is 37.4 Å². The van der Waals surface area contributed by atoms with Gasteiger partial charge >= 0.3 is 0 Å². The van der Waals surface area contributed by atoms with Crippen LogP contribution in [-0.4, -0.2) is 11.5 Å². The van der Waals surface area contributed by atoms with Crippen molar-refractivity contribution in [2.24, 2.45) is 0 Å². The summed E-state index contributed by atoms with van der Waals surface area (Å²) < 4.78 is 1.19. The Labute approximate surface area is 118 Å². The summed E-state index contributed by atoms with van der Waals surface area (Å²) in [5, 5.41) is 5.70. The smallest absolute Gasteiger partial charge is 0.0795 e. The summed E-state index contributed by atoms with van der Waals surface area (Å²) in [5.74, 6) is 0. The fraction of sp³-hybridized carbons (Fsp3) is 0.417. The normalized spacial score (nSPS) is 12.8. The topological polar surface area (TPSA) is 24.9 Å². The van der Waals surface area contributed by atoms with Gasteiger partial charge < -0.3 is 5.32 Å². The van der Waals surface area contributed by atoms with Crippen molar-refractivity contribution < 1.29 is 0 Å². The monoisotopic (exact) mass is 330 g/mol. The van der Waals surface area contributed by atoms with Crippen LogP contribution in [0.2, 0.25) is 0 Å². The molecule has 0 saturated heterocycles. The number of nitrogens with zero attached hydrogens (tertiary/aromatic N) is 1. The minimum Gasteiger partial charge on any atom is -0.308 e. The zero-order valence-corrected chi connectivity index (χ0v) is 12.9. The summed E-state index contributed by atoms with van der Waals surface area (Å²) in [4.78, 5) is 5.81. The molecule has 0 radical (unpaired) electrons. The molecule has 0 fully saturated rings. The molecule has 0 amide bonds. The minimum atomic E-state index is 0.340. The molecule has 92 valence electrons. The Balaban J connectivity index is 2.05. The molecule has 1 atom stereocenters. The fourth-order valence-electron chi connectivity index (χ4n) is 1.66. The molecule has 2 heterocycles. The summed E-state index contributed by atoms with van der Waals surface area (Å²) in [6, 6.07) is 4.63. The van der Waals surface area contributed by atoms with Crippen LogP contribution in [0.3, 0.4) is 0 Å². The van der Waals surface area contributed by atoms with Crippen LogP contribution in [0.1, 0.15) is 30.0 Å². The molecular formula is C12H15BrN2S2. The Morgan fingerprint density at radius 3 is 2.94 bits per heavy atom. The van der Waals surface area contributed by atoms with E-state index in [0.717, 1.165) is 25.1 Å². The van der Waals surface area contributed by atoms with Crippen LogP contribution in [-0.2, 0) is 6.42 Å². The molecule has 0 aliphatic heterocycles. The predicted molar refractivity (Wildman–Crippen MR) is 78.9 cm³/mol. The van der Waals surface area contributed by atoms with Crippen molar-refractivity contribution in [2.75, 3.05) is 6.54 Å². The third-order valence-corrected chi connectivity index (χ3v) is 4.73. The number of halogens is 1. The first-order valence-corrected chi connectivity index (χ1v) is 8.20. The van der Waals surface area contributed by atoms with E-state index < -0.39 is 0 Å². The molecule has 1 N–H and O–H groups in total. The van der Waals surface area contributed by atoms with Crippen molar-refractivity contribution in [1.29, 1.82) is 0 Å². The Hall–Kier alpha value is -0.230. The van der Waals surface area contributed by atoms with Crippen molar-refractivity contribution in [3.63, 3.8) is 0 Å². The fourth-order valence-corrected chi connectivity index (χ4v) is 3.79. The maximum atomic E-state index is 4.42. The maximum Gasteiger partial charge on any atom is 0.0795 e. The van der Waals surface area contributed by atoms with Crippen molar-refractivity contribution in [3.8, 4) is 0 Å². The molecule has 2 aromatic rings. The van der Waals surface area contributed by atoms with Crippen molar-refractivity contribution in [1.82, 2.24) is 10.3 Å². The van der Waals surface area contributed by atoms with E-state index in [1.807, 2.05) is 5.51 Å². The molecule has 2 rings (SSSR count). The van der Waals surface area contributed by atoms with Gasteiger partial charge in [-0.3, -0.25) is 0 Å². The molecule has 0 aliphatic carbocycles. The van der Waals surface area contributed by atoms with Crippen LogP contribution < -0.4 is 5.32 Å². The minimum absolute atomic E-state index is 0.340. The number of hydrogen-bond donors (Lipinski definition) is 1. The first-order chi connectivity index (χ1) is 8.29. The molecule has 17 heavy (non-hydrogen) atoms. The number of nitrogens with one attached hydrogen (secondary N) is 1. The van der Waals surface area contributed by atoms with Gasteiger partial charge in [0, 0.05) is 16.7 Å². The molecule has 1 unspecified atom stereocenters. The van der Waals surface area contributed by atoms with Gasteiger partial charge in [0.25, 0.3) is 0 Å². The zero-order chi connectivity index (χ0) is 12.1. The Kier molecular flexibility index (Phi) is 5.16. The summed E-state index contributed by atoms with van der Waals surface area (Å²) in [7, 11) is 0. The highest BCUT2D eigenvalue weighted by Crippen LogP contribution is 2.26. The van der Waals surface area contributed by atoms with Gasteiger partial charge in [-0.1, -0.05) is 6.92 Å². The van der Waals surface area contributed by atoms with Crippen LogP contribution in [0.5, 0.6) is 0 Å². The van der Waals surface area contributed by atoms with Gasteiger partial charge in [-0.15, -0.1) is 22.7 Å². The maximum absolute atomic E-state index is 4.42. The SMILES string of the molecule is CCCNC(Cc1ccc(Br)s1)c1cscn1. The van der Waals surface area contributed by atoms with E-state index in [4.69, 9.17) is 0 Å². The highest BCUT2D eigenvalue weighted by Gasteiger charge is 2.14. The van der Waals surface area contributed by atoms with E-state index in [1.54, 1.807) is 22.7 Å². The molecule has 0 aliphatic rings. The predicted octanol–water partition coefficient (Wildman–Crippen LogP) is 4.25. The summed E-state index contributed by atoms with van der Waals surface area (Å²) in [6.07, 6.45) is 2.16. The Morgan fingerprint density at radius 1 is 1.47 bits per heavy atom. The van der Waals surface area contributed by atoms with E-state index >= 15 is 0 Å². The van der Waals surface area contributed by atoms with Crippen LogP contribution >= 0.6 is 38.6 Å². The van der Waals surface area contributed by atoms with Gasteiger partial charge in [-0.25, -0.2) is 4.98 Å². The largest absolute Gasteiger partial charge is 0.308 e. The van der Waals surface area contributed by atoms with Crippen molar-refractivity contribution >= 4 is 38.6 Å². The number of thiophene rings is 1. The van der Waals surface area contributed by atoms with Gasteiger partial charge in [-0.05, 0) is 41.0 Å². The summed E-state index contributed by atoms with van der Waals surface area (Å²) in [5.41, 5.74) is 3.06. The molecule has 0 bridgehead atoms. The first-order valence-electron chi connectivity index (χ1n) is 5.65. The van der Waals surface area contributed by atoms with Crippen LogP contribution in [0, 0.1) is 0 Å². The lowest BCUT2D eigenvalue weighted by Crippen LogP contribution is -2.24. The molecule has 5 heteroatoms. The molecule has 0 saturated carbocycles. The third-order valence-electron chi connectivity index (χ3n) is 2.48. The van der Waals surface area contributed by atoms with E-state index in [-0.39, 0.29) is 0 Å². The van der Waals surface area contributed by atoms with E-state index in [0.29, 0.717) is 6.04 Å². The van der Waals surface area contributed by atoms with Gasteiger partial charge in [0.1, 0.15) is 0 Å². The van der Waals surface area contributed by atoms with E-state index in [9.17, 15) is 0 Å². The standard InChI is InChI=1S/C12H15BrN2S2/c1-2-5-14-10(11-7-16-8-15-11)6-9-3-4-12(13)17-9/h3-4,7-8,10,14H,2,5-6H2,1H3. The number of thiazole rings is 1. The number of hydrogen-bond acceptors (Lipinski definition) is 4. The molecular weight excluding hydrogens is 316 g/mol. The van der Waals surface area contributed by atoms with Crippen molar-refractivity contribution in [2.45, 2.75) is 25.8 Å². The highest BCUT2D eigenvalue weighted by atomic mass is 79.9. The van der Waals surface area contributed by atoms with Gasteiger partial charge in [0.05, 0.1) is 21.0 Å². The molecule has 0 spiro atoms. The average molecular weight is 331 g/mol. The quantitative estimate of drug-likeness (QED) is 0.856. The lowest BCUT2D eigenvalue weighted by molar-refractivity contribution is 0.523. The lowest BCUT2D eigenvalue weighted by Gasteiger charge is -2.15. The number of aromatic nitrogens is 1. The second-order valence-corrected chi connectivity index (χ2v) is 7.10. The summed E-state index contributed by atoms with van der Waals surface area (Å²) in [6.45, 7) is 3.22. The second kappa shape index (κ2) is 6.64. The van der Waals surface area contributed by atoms with Gasteiger partial charge in [0.15, 0.2) is 0 Å². The second-order valence-electron chi connectivity index (χ2n) is 3.83. The molecule has 2 nitrogen and oxygen atoms in total. The van der Waals surface area contributed by atoms with Crippen LogP contribution in [0.4, 0.5) is 0 Å². The molecule has 2 aromatic heterocycles. The lowest BCUT2D eigenvalue weighted by atomic mass is 10.1. The highest BCUT2D eigenvalue weighted by molar-refractivity contribution is 9.11. The van der Waals surface area contributed by atoms with E-state index in [1.165, 1.54) is 8.66 Å².